The third-order valence-corrected chi connectivity index (χ3v) is 7.62. The van der Waals surface area contributed by atoms with Gasteiger partial charge in [-0.15, -0.1) is 0 Å². The molecule has 2 N–H and O–H groups in total. The topological polar surface area (TPSA) is 120 Å². The number of amides is 1. The van der Waals surface area contributed by atoms with Crippen LogP contribution in [0.5, 0.6) is 11.5 Å². The van der Waals surface area contributed by atoms with Crippen LogP contribution in [0, 0.1) is 11.8 Å². The molecular weight excluding hydrogens is 436 g/mol. The van der Waals surface area contributed by atoms with Crippen LogP contribution in [0.2, 0.25) is 0 Å². The van der Waals surface area contributed by atoms with Gasteiger partial charge >= 0.3 is 5.97 Å². The standard InChI is InChI=1S/C22H32N2O7S/c1-14-5-4-6-18(15(14)2)24-22(26)16(3)31-21(25)9-10-23-32(27,28)17-7-8-19-20(13-17)30-12-11-29-19/h7-8,13-16,18,23H,4-6,9-12H2,1-3H3,(H,24,26)/t14-,15-,16-,18+/m0/s1. The molecule has 3 rings (SSSR count). The molecule has 1 aliphatic carbocycles. The predicted molar refractivity (Wildman–Crippen MR) is 117 cm³/mol. The summed E-state index contributed by atoms with van der Waals surface area (Å²) in [5.41, 5.74) is 0. The van der Waals surface area contributed by atoms with Crippen molar-refractivity contribution in [3.05, 3.63) is 18.2 Å². The summed E-state index contributed by atoms with van der Waals surface area (Å²) < 4.78 is 43.3. The summed E-state index contributed by atoms with van der Waals surface area (Å²) in [7, 11) is -3.84. The molecule has 0 saturated heterocycles. The minimum absolute atomic E-state index is 0.0127. The van der Waals surface area contributed by atoms with Crippen LogP contribution >= 0.6 is 0 Å². The Hall–Kier alpha value is -2.33. The average molecular weight is 469 g/mol. The molecule has 1 aromatic rings. The third-order valence-electron chi connectivity index (χ3n) is 6.16. The van der Waals surface area contributed by atoms with Crippen LogP contribution in [-0.4, -0.2) is 52.2 Å². The van der Waals surface area contributed by atoms with E-state index in [2.05, 4.69) is 23.9 Å². The Labute approximate surface area is 189 Å². The lowest BCUT2D eigenvalue weighted by Crippen LogP contribution is -2.47. The van der Waals surface area contributed by atoms with Gasteiger partial charge in [0, 0.05) is 18.7 Å². The lowest BCUT2D eigenvalue weighted by atomic mass is 9.78. The van der Waals surface area contributed by atoms with Crippen molar-refractivity contribution in [1.29, 1.82) is 0 Å². The fourth-order valence-electron chi connectivity index (χ4n) is 3.96. The Morgan fingerprint density at radius 3 is 2.62 bits per heavy atom. The van der Waals surface area contributed by atoms with Gasteiger partial charge in [-0.05, 0) is 37.3 Å². The zero-order valence-electron chi connectivity index (χ0n) is 18.8. The van der Waals surface area contributed by atoms with Gasteiger partial charge in [0.05, 0.1) is 11.3 Å². The first-order chi connectivity index (χ1) is 15.2. The SMILES string of the molecule is C[C@H]1[C@@H](C)CCC[C@H]1NC(=O)[C@H](C)OC(=O)CCNS(=O)(=O)c1ccc2c(c1)OCCO2. The maximum atomic E-state index is 12.5. The first-order valence-electron chi connectivity index (χ1n) is 11.1. The molecule has 0 aromatic heterocycles. The quantitative estimate of drug-likeness (QED) is 0.560. The van der Waals surface area contributed by atoms with Crippen molar-refractivity contribution in [2.45, 2.75) is 63.5 Å². The molecule has 4 atom stereocenters. The summed E-state index contributed by atoms with van der Waals surface area (Å²) >= 11 is 0. The lowest BCUT2D eigenvalue weighted by Gasteiger charge is -2.35. The zero-order valence-corrected chi connectivity index (χ0v) is 19.6. The van der Waals surface area contributed by atoms with Crippen molar-refractivity contribution >= 4 is 21.9 Å². The molecule has 32 heavy (non-hydrogen) atoms. The second-order valence-corrected chi connectivity index (χ2v) is 10.2. The Morgan fingerprint density at radius 2 is 1.88 bits per heavy atom. The first kappa shape index (κ1) is 24.3. The molecule has 0 radical (unpaired) electrons. The molecular formula is C22H32N2O7S. The smallest absolute Gasteiger partial charge is 0.307 e. The normalized spacial score (nSPS) is 23.8. The number of sulfonamides is 1. The average Bonchev–Trinajstić information content (AvgIpc) is 2.76. The van der Waals surface area contributed by atoms with Gasteiger partial charge < -0.3 is 19.5 Å². The number of hydrogen-bond donors (Lipinski definition) is 2. The van der Waals surface area contributed by atoms with E-state index in [9.17, 15) is 18.0 Å². The minimum Gasteiger partial charge on any atom is -0.486 e. The number of nitrogens with one attached hydrogen (secondary N) is 2. The van der Waals surface area contributed by atoms with Gasteiger partial charge in [-0.25, -0.2) is 13.1 Å². The summed E-state index contributed by atoms with van der Waals surface area (Å²) in [5.74, 6) is 0.770. The fraction of sp³-hybridized carbons (Fsp3) is 0.636. The maximum absolute atomic E-state index is 12.5. The van der Waals surface area contributed by atoms with Crippen molar-refractivity contribution in [2.24, 2.45) is 11.8 Å². The summed E-state index contributed by atoms with van der Waals surface area (Å²) in [5, 5.41) is 2.98. The second kappa shape index (κ2) is 10.5. The van der Waals surface area contributed by atoms with Gasteiger partial charge in [0.15, 0.2) is 17.6 Å². The van der Waals surface area contributed by atoms with E-state index in [0.29, 0.717) is 36.5 Å². The molecule has 2 aliphatic rings. The molecule has 1 aliphatic heterocycles. The second-order valence-electron chi connectivity index (χ2n) is 8.47. The monoisotopic (exact) mass is 468 g/mol. The number of carbonyl (C=O) groups is 2. The molecule has 178 valence electrons. The van der Waals surface area contributed by atoms with Crippen LogP contribution in [0.15, 0.2) is 23.1 Å². The van der Waals surface area contributed by atoms with Gasteiger partial charge in [-0.2, -0.15) is 0 Å². The largest absolute Gasteiger partial charge is 0.486 e. The molecule has 10 heteroatoms. The van der Waals surface area contributed by atoms with E-state index in [1.54, 1.807) is 0 Å². The summed E-state index contributed by atoms with van der Waals surface area (Å²) in [4.78, 5) is 24.5. The van der Waals surface area contributed by atoms with Gasteiger partial charge in [0.25, 0.3) is 5.91 Å². The minimum atomic E-state index is -3.84. The molecule has 1 amide bonds. The molecule has 0 bridgehead atoms. The van der Waals surface area contributed by atoms with E-state index in [1.165, 1.54) is 25.1 Å². The van der Waals surface area contributed by atoms with E-state index in [1.807, 2.05) is 0 Å². The zero-order chi connectivity index (χ0) is 23.3. The van der Waals surface area contributed by atoms with E-state index < -0.39 is 22.1 Å². The highest BCUT2D eigenvalue weighted by molar-refractivity contribution is 7.89. The predicted octanol–water partition coefficient (Wildman–Crippen LogP) is 2.00. The lowest BCUT2D eigenvalue weighted by molar-refractivity contribution is -0.155. The summed E-state index contributed by atoms with van der Waals surface area (Å²) in [6.45, 7) is 6.43. The van der Waals surface area contributed by atoms with Gasteiger partial charge in [-0.1, -0.05) is 26.7 Å². The Balaban J connectivity index is 1.44. The number of benzene rings is 1. The highest BCUT2D eigenvalue weighted by atomic mass is 32.2. The van der Waals surface area contributed by atoms with Crippen LogP contribution in [-0.2, 0) is 24.3 Å². The van der Waals surface area contributed by atoms with Crippen LogP contribution in [0.25, 0.3) is 0 Å². The molecule has 1 fully saturated rings. The van der Waals surface area contributed by atoms with Crippen molar-refractivity contribution in [3.63, 3.8) is 0 Å². The van der Waals surface area contributed by atoms with Crippen molar-refractivity contribution in [2.75, 3.05) is 19.8 Å². The number of ether oxygens (including phenoxy) is 3. The van der Waals surface area contributed by atoms with Crippen molar-refractivity contribution < 1.29 is 32.2 Å². The number of hydrogen-bond acceptors (Lipinski definition) is 7. The highest BCUT2D eigenvalue weighted by Gasteiger charge is 2.30. The Kier molecular flexibility index (Phi) is 8.00. The van der Waals surface area contributed by atoms with Gasteiger partial charge in [0.1, 0.15) is 13.2 Å². The molecule has 9 nitrogen and oxygen atoms in total. The number of carbonyl (C=O) groups excluding carboxylic acids is 2. The fourth-order valence-corrected chi connectivity index (χ4v) is 5.00. The van der Waals surface area contributed by atoms with Gasteiger partial charge in [-0.3, -0.25) is 9.59 Å². The van der Waals surface area contributed by atoms with Crippen molar-refractivity contribution in [3.8, 4) is 11.5 Å². The van der Waals surface area contributed by atoms with Crippen LogP contribution in [0.3, 0.4) is 0 Å². The van der Waals surface area contributed by atoms with Crippen LogP contribution < -0.4 is 19.5 Å². The van der Waals surface area contributed by atoms with Crippen LogP contribution in [0.4, 0.5) is 0 Å². The molecule has 1 saturated carbocycles. The summed E-state index contributed by atoms with van der Waals surface area (Å²) in [6.07, 6.45) is 1.99. The Bertz CT molecular complexity index is 934. The van der Waals surface area contributed by atoms with Gasteiger partial charge in [0.2, 0.25) is 10.0 Å². The molecule has 0 spiro atoms. The first-order valence-corrected chi connectivity index (χ1v) is 12.5. The highest BCUT2D eigenvalue weighted by Crippen LogP contribution is 2.32. The van der Waals surface area contributed by atoms with E-state index >= 15 is 0 Å². The summed E-state index contributed by atoms with van der Waals surface area (Å²) in [6, 6.07) is 4.40. The number of fused-ring (bicyclic) bond motifs is 1. The third kappa shape index (κ3) is 6.13. The maximum Gasteiger partial charge on any atom is 0.307 e. The molecule has 1 heterocycles. The van der Waals surface area contributed by atoms with E-state index in [0.717, 1.165) is 19.3 Å². The van der Waals surface area contributed by atoms with Crippen molar-refractivity contribution in [1.82, 2.24) is 10.0 Å². The van der Waals surface area contributed by atoms with E-state index in [4.69, 9.17) is 14.2 Å². The van der Waals surface area contributed by atoms with E-state index in [-0.39, 0.29) is 29.8 Å². The van der Waals surface area contributed by atoms with Crippen LogP contribution in [0.1, 0.15) is 46.5 Å². The number of rotatable bonds is 8. The molecule has 1 aromatic carbocycles. The Morgan fingerprint density at radius 1 is 1.16 bits per heavy atom. The number of esters is 1. The molecule has 0 unspecified atom stereocenters.